The van der Waals surface area contributed by atoms with Crippen molar-refractivity contribution in [1.29, 1.82) is 0 Å². The summed E-state index contributed by atoms with van der Waals surface area (Å²) in [5.41, 5.74) is 1.66. The molecule has 0 radical (unpaired) electrons. The van der Waals surface area contributed by atoms with Gasteiger partial charge in [0, 0.05) is 19.5 Å². The van der Waals surface area contributed by atoms with Crippen LogP contribution in [0.5, 0.6) is 0 Å². The van der Waals surface area contributed by atoms with Gasteiger partial charge in [-0.2, -0.15) is 0 Å². The molecule has 2 aromatic rings. The molecule has 19 heavy (non-hydrogen) atoms. The second kappa shape index (κ2) is 4.75. The third-order valence-electron chi connectivity index (χ3n) is 3.13. The monoisotopic (exact) mass is 279 g/mol. The Bertz CT molecular complexity index is 699. The van der Waals surface area contributed by atoms with Crippen molar-refractivity contribution in [2.75, 3.05) is 0 Å². The van der Waals surface area contributed by atoms with Crippen molar-refractivity contribution in [3.8, 4) is 0 Å². The van der Waals surface area contributed by atoms with Crippen LogP contribution in [-0.4, -0.2) is 9.97 Å². The number of nitrogens with zero attached hydrogens (tertiary/aromatic N) is 1. The Balaban J connectivity index is 1.98. The lowest BCUT2D eigenvalue weighted by Crippen LogP contribution is -2.17. The highest BCUT2D eigenvalue weighted by Gasteiger charge is 2.17. The number of aromatic amines is 1. The van der Waals surface area contributed by atoms with Crippen LogP contribution in [0.1, 0.15) is 22.6 Å². The van der Waals surface area contributed by atoms with Gasteiger partial charge in [-0.05, 0) is 11.6 Å². The van der Waals surface area contributed by atoms with Crippen molar-refractivity contribution < 1.29 is 4.39 Å². The number of fused-ring (bicyclic) bond motifs is 1. The van der Waals surface area contributed by atoms with Crippen molar-refractivity contribution >= 4 is 11.6 Å². The maximum Gasteiger partial charge on any atom is 0.255 e. The van der Waals surface area contributed by atoms with Crippen molar-refractivity contribution in [1.82, 2.24) is 15.3 Å². The number of hydrogen-bond acceptors (Lipinski definition) is 3. The van der Waals surface area contributed by atoms with E-state index in [1.807, 2.05) is 0 Å². The zero-order valence-electron chi connectivity index (χ0n) is 9.96. The van der Waals surface area contributed by atoms with Crippen molar-refractivity contribution in [3.63, 3.8) is 0 Å². The van der Waals surface area contributed by atoms with E-state index >= 15 is 0 Å². The number of H-pyrrole nitrogens is 1. The van der Waals surface area contributed by atoms with E-state index in [-0.39, 0.29) is 17.0 Å². The van der Waals surface area contributed by atoms with Crippen LogP contribution in [0.3, 0.4) is 0 Å². The van der Waals surface area contributed by atoms with Crippen LogP contribution in [0.2, 0.25) is 5.02 Å². The van der Waals surface area contributed by atoms with Gasteiger partial charge in [0.05, 0.1) is 16.3 Å². The first-order chi connectivity index (χ1) is 9.15. The minimum Gasteiger partial charge on any atom is -0.310 e. The number of halogens is 2. The Labute approximate surface area is 113 Å². The molecule has 0 bridgehead atoms. The van der Waals surface area contributed by atoms with Gasteiger partial charge in [0.1, 0.15) is 11.6 Å². The maximum absolute atomic E-state index is 13.8. The van der Waals surface area contributed by atoms with Crippen LogP contribution in [0.4, 0.5) is 4.39 Å². The molecule has 98 valence electrons. The average Bonchev–Trinajstić information content (AvgIpc) is 2.84. The molecule has 4 nitrogen and oxygen atoms in total. The standard InChI is InChI=1S/C13H11ClFN3O/c14-9-3-1-2-7(12(9)15)4-11-17-10-6-16-5-8(10)13(19)18-11/h1-3,16H,4-6H2,(H,17,18,19). The van der Waals surface area contributed by atoms with Crippen LogP contribution >= 0.6 is 11.6 Å². The van der Waals surface area contributed by atoms with Gasteiger partial charge >= 0.3 is 0 Å². The zero-order chi connectivity index (χ0) is 13.4. The van der Waals surface area contributed by atoms with Crippen LogP contribution in [0.25, 0.3) is 0 Å². The minimum absolute atomic E-state index is 0.0719. The van der Waals surface area contributed by atoms with Crippen molar-refractivity contribution in [2.24, 2.45) is 0 Å². The highest BCUT2D eigenvalue weighted by molar-refractivity contribution is 6.30. The Hall–Kier alpha value is -1.72. The Morgan fingerprint density at radius 1 is 1.37 bits per heavy atom. The topological polar surface area (TPSA) is 57.8 Å². The normalized spacial score (nSPS) is 13.6. The van der Waals surface area contributed by atoms with E-state index in [2.05, 4.69) is 15.3 Å². The summed E-state index contributed by atoms with van der Waals surface area (Å²) in [6.45, 7) is 1.10. The molecular weight excluding hydrogens is 269 g/mol. The third kappa shape index (κ3) is 2.27. The number of benzene rings is 1. The molecule has 3 rings (SSSR count). The summed E-state index contributed by atoms with van der Waals surface area (Å²) in [5.74, 6) is -0.0148. The van der Waals surface area contributed by atoms with E-state index in [1.165, 1.54) is 6.07 Å². The molecule has 1 aromatic carbocycles. The maximum atomic E-state index is 13.8. The summed E-state index contributed by atoms with van der Waals surface area (Å²) in [7, 11) is 0. The summed E-state index contributed by atoms with van der Waals surface area (Å²) < 4.78 is 13.8. The molecule has 2 heterocycles. The molecule has 0 saturated heterocycles. The molecule has 0 fully saturated rings. The molecule has 0 spiro atoms. The van der Waals surface area contributed by atoms with E-state index < -0.39 is 5.82 Å². The van der Waals surface area contributed by atoms with Crippen molar-refractivity contribution in [3.05, 3.63) is 62.0 Å². The predicted octanol–water partition coefficient (Wildman–Crippen LogP) is 1.76. The molecule has 1 aliphatic rings. The first kappa shape index (κ1) is 12.3. The molecule has 0 atom stereocenters. The van der Waals surface area contributed by atoms with E-state index in [4.69, 9.17) is 11.6 Å². The first-order valence-corrected chi connectivity index (χ1v) is 6.27. The molecule has 1 aliphatic heterocycles. The van der Waals surface area contributed by atoms with Gasteiger partial charge in [-0.25, -0.2) is 9.37 Å². The molecule has 1 aromatic heterocycles. The van der Waals surface area contributed by atoms with Crippen LogP contribution in [0.15, 0.2) is 23.0 Å². The van der Waals surface area contributed by atoms with Gasteiger partial charge in [-0.1, -0.05) is 23.7 Å². The zero-order valence-corrected chi connectivity index (χ0v) is 10.7. The van der Waals surface area contributed by atoms with Crippen LogP contribution in [0, 0.1) is 5.82 Å². The average molecular weight is 280 g/mol. The SMILES string of the molecule is O=c1[nH]c(Cc2cccc(Cl)c2F)nc2c1CNC2. The molecular formula is C13H11ClFN3O. The lowest BCUT2D eigenvalue weighted by atomic mass is 10.1. The molecule has 0 saturated carbocycles. The van der Waals surface area contributed by atoms with Gasteiger partial charge < -0.3 is 10.3 Å². The molecule has 0 aliphatic carbocycles. The summed E-state index contributed by atoms with van der Waals surface area (Å²) in [5, 5.41) is 3.13. The third-order valence-corrected chi connectivity index (χ3v) is 3.43. The number of hydrogen-bond donors (Lipinski definition) is 2. The second-order valence-electron chi connectivity index (χ2n) is 4.43. The summed E-state index contributed by atoms with van der Waals surface area (Å²) in [4.78, 5) is 18.9. The van der Waals surface area contributed by atoms with Gasteiger partial charge in [-0.3, -0.25) is 4.79 Å². The first-order valence-electron chi connectivity index (χ1n) is 5.89. The lowest BCUT2D eigenvalue weighted by molar-refractivity contribution is 0.612. The predicted molar refractivity (Wildman–Crippen MR) is 69.6 cm³/mol. The van der Waals surface area contributed by atoms with E-state index in [1.54, 1.807) is 12.1 Å². The van der Waals surface area contributed by atoms with E-state index in [0.29, 0.717) is 30.0 Å². The highest BCUT2D eigenvalue weighted by atomic mass is 35.5. The molecule has 0 amide bonds. The van der Waals surface area contributed by atoms with Crippen LogP contribution < -0.4 is 10.9 Å². The number of aromatic nitrogens is 2. The fraction of sp³-hybridized carbons (Fsp3) is 0.231. The van der Waals surface area contributed by atoms with E-state index in [0.717, 1.165) is 5.69 Å². The molecule has 0 unspecified atom stereocenters. The lowest BCUT2D eigenvalue weighted by Gasteiger charge is -2.05. The van der Waals surface area contributed by atoms with Gasteiger partial charge in [0.15, 0.2) is 0 Å². The van der Waals surface area contributed by atoms with Gasteiger partial charge in [0.2, 0.25) is 0 Å². The van der Waals surface area contributed by atoms with Gasteiger partial charge in [-0.15, -0.1) is 0 Å². The quantitative estimate of drug-likeness (QED) is 0.881. The Morgan fingerprint density at radius 3 is 3.05 bits per heavy atom. The minimum atomic E-state index is -0.467. The number of rotatable bonds is 2. The summed E-state index contributed by atoms with van der Waals surface area (Å²) >= 11 is 5.73. The smallest absolute Gasteiger partial charge is 0.255 e. The van der Waals surface area contributed by atoms with Crippen LogP contribution in [-0.2, 0) is 19.5 Å². The molecule has 6 heteroatoms. The summed E-state index contributed by atoms with van der Waals surface area (Å²) in [6, 6.07) is 4.80. The number of nitrogens with one attached hydrogen (secondary N) is 2. The van der Waals surface area contributed by atoms with E-state index in [9.17, 15) is 9.18 Å². The van der Waals surface area contributed by atoms with Crippen molar-refractivity contribution in [2.45, 2.75) is 19.5 Å². The molecule has 2 N–H and O–H groups in total. The Kier molecular flexibility index (Phi) is 3.08. The van der Waals surface area contributed by atoms with Gasteiger partial charge in [0.25, 0.3) is 5.56 Å². The fourth-order valence-corrected chi connectivity index (χ4v) is 2.37. The highest BCUT2D eigenvalue weighted by Crippen LogP contribution is 2.19. The fourth-order valence-electron chi connectivity index (χ4n) is 2.18. The largest absolute Gasteiger partial charge is 0.310 e. The summed E-state index contributed by atoms with van der Waals surface area (Å²) in [6.07, 6.45) is 0.217. The Morgan fingerprint density at radius 2 is 2.21 bits per heavy atom. The second-order valence-corrected chi connectivity index (χ2v) is 4.84.